The van der Waals surface area contributed by atoms with Crippen LogP contribution < -0.4 is 0 Å². The van der Waals surface area contributed by atoms with Gasteiger partial charge in [-0.25, -0.2) is 0 Å². The maximum absolute atomic E-state index is 3.80. The van der Waals surface area contributed by atoms with Crippen LogP contribution >= 0.6 is 0 Å². The fourth-order valence-corrected chi connectivity index (χ4v) is 2.68. The summed E-state index contributed by atoms with van der Waals surface area (Å²) in [4.78, 5) is 0. The van der Waals surface area contributed by atoms with Crippen LogP contribution in [-0.2, 0) is 0 Å². The average Bonchev–Trinajstić information content (AvgIpc) is 2.71. The Morgan fingerprint density at radius 3 is 2.50 bits per heavy atom. The summed E-state index contributed by atoms with van der Waals surface area (Å²) in [6.07, 6.45) is 16.6. The van der Waals surface area contributed by atoms with E-state index in [-0.39, 0.29) is 0 Å². The van der Waals surface area contributed by atoms with Gasteiger partial charge in [-0.05, 0) is 74.2 Å². The third-order valence-corrected chi connectivity index (χ3v) is 3.67. The lowest BCUT2D eigenvalue weighted by Crippen LogP contribution is -1.89. The molecule has 0 N–H and O–H groups in total. The second-order valence-electron chi connectivity index (χ2n) is 4.91. The summed E-state index contributed by atoms with van der Waals surface area (Å²) in [6, 6.07) is 0. The van der Waals surface area contributed by atoms with Crippen LogP contribution in [0.3, 0.4) is 0 Å². The summed E-state index contributed by atoms with van der Waals surface area (Å²) < 4.78 is 0. The van der Waals surface area contributed by atoms with Crippen molar-refractivity contribution in [1.82, 2.24) is 0 Å². The van der Waals surface area contributed by atoms with E-state index in [1.54, 1.807) is 11.1 Å². The van der Waals surface area contributed by atoms with Crippen molar-refractivity contribution in [3.63, 3.8) is 0 Å². The van der Waals surface area contributed by atoms with Gasteiger partial charge in [-0.2, -0.15) is 0 Å². The Morgan fingerprint density at radius 1 is 0.875 bits per heavy atom. The minimum atomic E-state index is 1.17. The second kappa shape index (κ2) is 5.92. The summed E-state index contributed by atoms with van der Waals surface area (Å²) in [6.45, 7) is 3.80. The third kappa shape index (κ3) is 3.00. The highest BCUT2D eigenvalue weighted by atomic mass is 14.2. The Morgan fingerprint density at radius 2 is 1.62 bits per heavy atom. The largest absolute Gasteiger partial charge is 0.125 e. The second-order valence-corrected chi connectivity index (χ2v) is 4.91. The molecule has 0 radical (unpaired) electrons. The lowest BCUT2D eigenvalue weighted by molar-refractivity contribution is 0.706. The highest BCUT2D eigenvalue weighted by molar-refractivity contribution is 5.38. The number of allylic oxidation sites excluding steroid dienone is 5. The zero-order valence-electron chi connectivity index (χ0n) is 10.2. The Hall–Kier alpha value is -1.00. The van der Waals surface area contributed by atoms with Crippen molar-refractivity contribution in [2.45, 2.75) is 57.8 Å². The van der Waals surface area contributed by atoms with E-state index in [9.17, 15) is 0 Å². The van der Waals surface area contributed by atoms with Crippen LogP contribution in [0.25, 0.3) is 0 Å². The zero-order valence-corrected chi connectivity index (χ0v) is 10.2. The van der Waals surface area contributed by atoms with Crippen molar-refractivity contribution in [3.05, 3.63) is 41.2 Å². The summed E-state index contributed by atoms with van der Waals surface area (Å²) >= 11 is 0. The fraction of sp³-hybridized carbons (Fsp3) is 0.562. The van der Waals surface area contributed by atoms with E-state index in [1.165, 1.54) is 63.4 Å². The molecular weight excluding hydrogens is 192 g/mol. The Bertz CT molecular complexity index is 348. The molecule has 0 aromatic rings. The van der Waals surface area contributed by atoms with Crippen LogP contribution in [-0.4, -0.2) is 0 Å². The third-order valence-electron chi connectivity index (χ3n) is 3.67. The molecule has 0 nitrogen and oxygen atoms in total. The SMILES string of the molecule is C=C=C1C=C(C2=CCCCCC2)CCCC1. The first-order valence-electron chi connectivity index (χ1n) is 6.69. The molecule has 2 rings (SSSR count). The standard InChI is InChI=1S/C16H22/c1-2-14-9-7-8-12-16(13-14)15-10-5-3-4-6-11-15/h10,13H,1,3-9,11-12H2. The van der Waals surface area contributed by atoms with Crippen molar-refractivity contribution in [1.29, 1.82) is 0 Å². The molecule has 0 heterocycles. The van der Waals surface area contributed by atoms with E-state index in [0.717, 1.165) is 0 Å². The Kier molecular flexibility index (Phi) is 4.25. The first-order valence-corrected chi connectivity index (χ1v) is 6.69. The molecule has 86 valence electrons. The molecule has 0 bridgehead atoms. The van der Waals surface area contributed by atoms with E-state index in [4.69, 9.17) is 0 Å². The van der Waals surface area contributed by atoms with Gasteiger partial charge in [0.25, 0.3) is 0 Å². The van der Waals surface area contributed by atoms with Crippen LogP contribution in [0.2, 0.25) is 0 Å². The van der Waals surface area contributed by atoms with Gasteiger partial charge in [0.05, 0.1) is 0 Å². The average molecular weight is 214 g/mol. The van der Waals surface area contributed by atoms with E-state index in [0.29, 0.717) is 0 Å². The summed E-state index contributed by atoms with van der Waals surface area (Å²) in [5, 5.41) is 0. The maximum Gasteiger partial charge on any atom is -0.00637 e. The van der Waals surface area contributed by atoms with Crippen LogP contribution in [0.4, 0.5) is 0 Å². The van der Waals surface area contributed by atoms with Crippen LogP contribution in [0.5, 0.6) is 0 Å². The van der Waals surface area contributed by atoms with Crippen LogP contribution in [0.1, 0.15) is 57.8 Å². The van der Waals surface area contributed by atoms with Gasteiger partial charge >= 0.3 is 0 Å². The predicted octanol–water partition coefficient (Wildman–Crippen LogP) is 5.09. The van der Waals surface area contributed by atoms with Crippen LogP contribution in [0, 0.1) is 0 Å². The molecule has 0 fully saturated rings. The molecule has 0 amide bonds. The predicted molar refractivity (Wildman–Crippen MR) is 70.4 cm³/mol. The molecule has 0 unspecified atom stereocenters. The minimum Gasteiger partial charge on any atom is -0.125 e. The summed E-state index contributed by atoms with van der Waals surface area (Å²) in [7, 11) is 0. The smallest absolute Gasteiger partial charge is 0.00637 e. The topological polar surface area (TPSA) is 0 Å². The molecule has 16 heavy (non-hydrogen) atoms. The van der Waals surface area contributed by atoms with E-state index < -0.39 is 0 Å². The number of rotatable bonds is 1. The van der Waals surface area contributed by atoms with Gasteiger partial charge in [-0.1, -0.05) is 19.1 Å². The van der Waals surface area contributed by atoms with E-state index in [1.807, 2.05) is 0 Å². The van der Waals surface area contributed by atoms with Crippen molar-refractivity contribution in [3.8, 4) is 0 Å². The molecule has 0 saturated heterocycles. The Balaban J connectivity index is 2.19. The lowest BCUT2D eigenvalue weighted by Gasteiger charge is -2.09. The molecule has 0 aliphatic heterocycles. The first kappa shape index (κ1) is 11.5. The molecular formula is C16H22. The molecule has 0 saturated carbocycles. The Labute approximate surface area is 99.4 Å². The van der Waals surface area contributed by atoms with Crippen LogP contribution in [0.15, 0.2) is 41.2 Å². The van der Waals surface area contributed by atoms with Crippen molar-refractivity contribution < 1.29 is 0 Å². The van der Waals surface area contributed by atoms with Gasteiger partial charge in [0.1, 0.15) is 0 Å². The van der Waals surface area contributed by atoms with Gasteiger partial charge in [0.15, 0.2) is 0 Å². The van der Waals surface area contributed by atoms with Gasteiger partial charge in [0, 0.05) is 0 Å². The molecule has 2 aliphatic carbocycles. The molecule has 0 aromatic carbocycles. The van der Waals surface area contributed by atoms with Gasteiger partial charge in [-0.3, -0.25) is 0 Å². The zero-order chi connectivity index (χ0) is 11.2. The minimum absolute atomic E-state index is 1.17. The number of hydrogen-bond acceptors (Lipinski definition) is 0. The molecule has 2 aliphatic rings. The van der Waals surface area contributed by atoms with E-state index in [2.05, 4.69) is 24.5 Å². The molecule has 0 spiro atoms. The molecule has 0 aromatic heterocycles. The first-order chi connectivity index (χ1) is 7.90. The van der Waals surface area contributed by atoms with E-state index >= 15 is 0 Å². The van der Waals surface area contributed by atoms with Crippen molar-refractivity contribution in [2.75, 3.05) is 0 Å². The summed E-state index contributed by atoms with van der Waals surface area (Å²) in [5.41, 5.74) is 7.60. The van der Waals surface area contributed by atoms with Crippen molar-refractivity contribution in [2.24, 2.45) is 0 Å². The number of hydrogen-bond donors (Lipinski definition) is 0. The van der Waals surface area contributed by atoms with Gasteiger partial charge in [-0.15, -0.1) is 5.73 Å². The van der Waals surface area contributed by atoms with Gasteiger partial charge in [0.2, 0.25) is 0 Å². The summed E-state index contributed by atoms with van der Waals surface area (Å²) in [5.74, 6) is 0. The maximum atomic E-state index is 3.80. The lowest BCUT2D eigenvalue weighted by atomic mass is 9.97. The molecule has 0 atom stereocenters. The highest BCUT2D eigenvalue weighted by Gasteiger charge is 2.11. The molecule has 0 heteroatoms. The fourth-order valence-electron chi connectivity index (χ4n) is 2.68. The normalized spacial score (nSPS) is 22.6. The highest BCUT2D eigenvalue weighted by Crippen LogP contribution is 2.30. The van der Waals surface area contributed by atoms with Gasteiger partial charge < -0.3 is 0 Å². The quantitative estimate of drug-likeness (QED) is 0.533. The van der Waals surface area contributed by atoms with Crippen molar-refractivity contribution >= 4 is 0 Å². The monoisotopic (exact) mass is 214 g/mol.